The highest BCUT2D eigenvalue weighted by atomic mass is 127. The summed E-state index contributed by atoms with van der Waals surface area (Å²) in [6, 6.07) is 15.5. The largest absolute Gasteiger partial charge is 1.00 e. The molecule has 1 N–H and O–H groups in total. The predicted molar refractivity (Wildman–Crippen MR) is 133 cm³/mol. The Bertz CT molecular complexity index is 962. The van der Waals surface area contributed by atoms with Crippen LogP contribution in [0.4, 0.5) is 5.69 Å². The lowest BCUT2D eigenvalue weighted by molar-refractivity contribution is -0.929. The van der Waals surface area contributed by atoms with Gasteiger partial charge in [0.2, 0.25) is 0 Å². The van der Waals surface area contributed by atoms with Crippen molar-refractivity contribution in [3.05, 3.63) is 69.2 Å². The molecule has 4 rings (SSSR count). The summed E-state index contributed by atoms with van der Waals surface area (Å²) >= 11 is 3.55. The maximum absolute atomic E-state index is 12.9. The minimum absolute atomic E-state index is 0. The maximum atomic E-state index is 12.9. The van der Waals surface area contributed by atoms with E-state index in [2.05, 4.69) is 83.9 Å². The lowest BCUT2D eigenvalue weighted by atomic mass is 9.92. The van der Waals surface area contributed by atoms with Crippen LogP contribution in [0.15, 0.2) is 52.5 Å². The van der Waals surface area contributed by atoms with E-state index in [1.807, 2.05) is 0 Å². The number of benzene rings is 2. The molecule has 0 aliphatic heterocycles. The molecule has 0 spiro atoms. The van der Waals surface area contributed by atoms with Crippen LogP contribution in [-0.4, -0.2) is 30.5 Å². The standard InChI is InChI=1S/C27H33BrN2O.HI/c1-30(2,26-9-4-3-5-10-26)19-20-11-15-25(16-12-20)29-27(31)22-8-6-7-21-13-14-24(28)18-23(21)17-22;/h11-18,26H,3-10,19H2,1-2H3;1H. The fourth-order valence-corrected chi connectivity index (χ4v) is 5.50. The summed E-state index contributed by atoms with van der Waals surface area (Å²) in [6.45, 7) is 1.04. The summed E-state index contributed by atoms with van der Waals surface area (Å²) in [5, 5.41) is 3.11. The van der Waals surface area contributed by atoms with Crippen LogP contribution in [0, 0.1) is 0 Å². The van der Waals surface area contributed by atoms with E-state index < -0.39 is 0 Å². The Kier molecular flexibility index (Phi) is 8.98. The van der Waals surface area contributed by atoms with E-state index in [0.717, 1.165) is 57.6 Å². The number of aryl methyl sites for hydroxylation is 1. The van der Waals surface area contributed by atoms with Gasteiger partial charge >= 0.3 is 0 Å². The van der Waals surface area contributed by atoms with E-state index in [-0.39, 0.29) is 29.9 Å². The smallest absolute Gasteiger partial charge is 0.251 e. The number of carbonyl (C=O) groups excluding carboxylic acids is 1. The molecule has 2 aliphatic carbocycles. The average molecular weight is 609 g/mol. The molecule has 0 saturated heterocycles. The van der Waals surface area contributed by atoms with Crippen LogP contribution in [0.1, 0.15) is 61.6 Å². The number of quaternary nitrogens is 1. The first-order chi connectivity index (χ1) is 14.9. The Morgan fingerprint density at radius 3 is 2.44 bits per heavy atom. The highest BCUT2D eigenvalue weighted by Gasteiger charge is 2.29. The van der Waals surface area contributed by atoms with Gasteiger partial charge in [-0.25, -0.2) is 0 Å². The predicted octanol–water partition coefficient (Wildman–Crippen LogP) is 3.72. The van der Waals surface area contributed by atoms with Gasteiger partial charge in [-0.2, -0.15) is 0 Å². The van der Waals surface area contributed by atoms with Gasteiger partial charge in [-0.1, -0.05) is 40.5 Å². The van der Waals surface area contributed by atoms with Crippen molar-refractivity contribution in [2.75, 3.05) is 19.4 Å². The number of rotatable bonds is 5. The summed E-state index contributed by atoms with van der Waals surface area (Å²) in [7, 11) is 4.72. The van der Waals surface area contributed by atoms with Crippen molar-refractivity contribution in [2.24, 2.45) is 0 Å². The van der Waals surface area contributed by atoms with Crippen LogP contribution >= 0.6 is 15.9 Å². The van der Waals surface area contributed by atoms with Gasteiger partial charge < -0.3 is 33.8 Å². The van der Waals surface area contributed by atoms with E-state index in [9.17, 15) is 4.79 Å². The fraction of sp³-hybridized carbons (Fsp3) is 0.444. The zero-order valence-electron chi connectivity index (χ0n) is 19.2. The zero-order valence-corrected chi connectivity index (χ0v) is 22.9. The molecule has 0 heterocycles. The number of hydrogen-bond donors (Lipinski definition) is 1. The Hall–Kier alpha value is -1.18. The second-order valence-corrected chi connectivity index (χ2v) is 10.7. The fourth-order valence-electron chi connectivity index (χ4n) is 5.12. The van der Waals surface area contributed by atoms with Crippen molar-refractivity contribution < 1.29 is 33.3 Å². The quantitative estimate of drug-likeness (QED) is 0.407. The van der Waals surface area contributed by atoms with Gasteiger partial charge in [0.05, 0.1) is 20.1 Å². The van der Waals surface area contributed by atoms with Crippen LogP contribution in [0.2, 0.25) is 0 Å². The van der Waals surface area contributed by atoms with Crippen molar-refractivity contribution in [1.29, 1.82) is 0 Å². The molecule has 172 valence electrons. The molecule has 1 saturated carbocycles. The molecule has 0 atom stereocenters. The molecule has 1 amide bonds. The number of anilines is 1. The lowest BCUT2D eigenvalue weighted by Gasteiger charge is -2.40. The average Bonchev–Trinajstić information content (AvgIpc) is 2.97. The number of nitrogens with one attached hydrogen (secondary N) is 1. The van der Waals surface area contributed by atoms with Gasteiger partial charge in [-0.15, -0.1) is 0 Å². The molecule has 2 aliphatic rings. The van der Waals surface area contributed by atoms with Crippen LogP contribution in [0.3, 0.4) is 0 Å². The van der Waals surface area contributed by atoms with Gasteiger partial charge in [-0.05, 0) is 86.4 Å². The minimum Gasteiger partial charge on any atom is -1.00 e. The van der Waals surface area contributed by atoms with Crippen molar-refractivity contribution in [3.8, 4) is 0 Å². The zero-order chi connectivity index (χ0) is 21.8. The third kappa shape index (κ3) is 6.45. The van der Waals surface area contributed by atoms with Crippen molar-refractivity contribution in [2.45, 2.75) is 64.0 Å². The highest BCUT2D eigenvalue weighted by Crippen LogP contribution is 2.29. The molecule has 0 radical (unpaired) electrons. The maximum Gasteiger partial charge on any atom is 0.251 e. The third-order valence-corrected chi connectivity index (χ3v) is 7.48. The Labute approximate surface area is 218 Å². The molecule has 0 aromatic heterocycles. The summed E-state index contributed by atoms with van der Waals surface area (Å²) in [5.74, 6) is 0.0129. The highest BCUT2D eigenvalue weighted by molar-refractivity contribution is 9.10. The minimum atomic E-state index is 0. The van der Waals surface area contributed by atoms with E-state index >= 15 is 0 Å². The summed E-state index contributed by atoms with van der Waals surface area (Å²) in [4.78, 5) is 12.9. The molecular weight excluding hydrogens is 575 g/mol. The summed E-state index contributed by atoms with van der Waals surface area (Å²) < 4.78 is 2.10. The van der Waals surface area contributed by atoms with Gasteiger partial charge in [0.1, 0.15) is 6.54 Å². The first kappa shape index (κ1) is 25.4. The first-order valence-electron chi connectivity index (χ1n) is 11.6. The Morgan fingerprint density at radius 1 is 1.00 bits per heavy atom. The van der Waals surface area contributed by atoms with Crippen molar-refractivity contribution >= 4 is 33.6 Å². The Balaban J connectivity index is 0.00000289. The van der Waals surface area contributed by atoms with Crippen LogP contribution in [0.25, 0.3) is 6.08 Å². The number of hydrogen-bond acceptors (Lipinski definition) is 1. The molecular formula is C27H34BrIN2O. The Morgan fingerprint density at radius 2 is 1.72 bits per heavy atom. The SMILES string of the molecule is C[N+](C)(Cc1ccc(NC(=O)C2=Cc3cc(Br)ccc3CCC2)cc1)C1CCCCC1.[I-]. The normalized spacial score (nSPS) is 16.9. The van der Waals surface area contributed by atoms with Crippen molar-refractivity contribution in [1.82, 2.24) is 0 Å². The van der Waals surface area contributed by atoms with Crippen molar-refractivity contribution in [3.63, 3.8) is 0 Å². The van der Waals surface area contributed by atoms with Crippen LogP contribution in [-0.2, 0) is 17.8 Å². The number of nitrogens with zero attached hydrogens (tertiary/aromatic N) is 1. The monoisotopic (exact) mass is 608 g/mol. The van der Waals surface area contributed by atoms with E-state index in [1.54, 1.807) is 0 Å². The number of amides is 1. The third-order valence-electron chi connectivity index (χ3n) is 6.99. The first-order valence-corrected chi connectivity index (χ1v) is 12.4. The molecule has 32 heavy (non-hydrogen) atoms. The van der Waals surface area contributed by atoms with E-state index in [4.69, 9.17) is 0 Å². The van der Waals surface area contributed by atoms with Crippen LogP contribution in [0.5, 0.6) is 0 Å². The molecule has 0 bridgehead atoms. The topological polar surface area (TPSA) is 29.1 Å². The molecule has 0 unspecified atom stereocenters. The second kappa shape index (κ2) is 11.3. The second-order valence-electron chi connectivity index (χ2n) is 9.75. The summed E-state index contributed by atoms with van der Waals surface area (Å²) in [6.07, 6.45) is 11.7. The summed E-state index contributed by atoms with van der Waals surface area (Å²) in [5.41, 5.74) is 5.53. The number of fused-ring (bicyclic) bond motifs is 1. The van der Waals surface area contributed by atoms with Crippen LogP contribution < -0.4 is 29.3 Å². The molecule has 3 nitrogen and oxygen atoms in total. The van der Waals surface area contributed by atoms with Gasteiger partial charge in [-0.3, -0.25) is 4.79 Å². The van der Waals surface area contributed by atoms with Gasteiger partial charge in [0.15, 0.2) is 0 Å². The molecule has 1 fully saturated rings. The number of carbonyl (C=O) groups is 1. The number of halogens is 2. The molecule has 2 aromatic rings. The lowest BCUT2D eigenvalue weighted by Crippen LogP contribution is -3.00. The van der Waals surface area contributed by atoms with Gasteiger partial charge in [0, 0.05) is 21.3 Å². The van der Waals surface area contributed by atoms with E-state index in [0.29, 0.717) is 0 Å². The van der Waals surface area contributed by atoms with Gasteiger partial charge in [0.25, 0.3) is 5.91 Å². The molecule has 5 heteroatoms. The van der Waals surface area contributed by atoms with E-state index in [1.165, 1.54) is 43.2 Å². The molecule has 2 aromatic carbocycles.